The lowest BCUT2D eigenvalue weighted by Crippen LogP contribution is -2.18. The van der Waals surface area contributed by atoms with E-state index < -0.39 is 5.91 Å². The minimum Gasteiger partial charge on any atom is -0.364 e. The van der Waals surface area contributed by atoms with Gasteiger partial charge in [-0.15, -0.1) is 0 Å². The summed E-state index contributed by atoms with van der Waals surface area (Å²) < 4.78 is 2.32. The summed E-state index contributed by atoms with van der Waals surface area (Å²) in [6.45, 7) is 0.577. The molecule has 2 N–H and O–H groups in total. The fourth-order valence-electron chi connectivity index (χ4n) is 1.71. The van der Waals surface area contributed by atoms with Gasteiger partial charge in [0.2, 0.25) is 0 Å². The zero-order chi connectivity index (χ0) is 13.1. The molecule has 1 aromatic heterocycles. The second-order valence-corrected chi connectivity index (χ2v) is 5.20. The van der Waals surface area contributed by atoms with E-state index in [1.807, 2.05) is 41.2 Å². The maximum Gasteiger partial charge on any atom is 0.268 e. The van der Waals surface area contributed by atoms with E-state index in [-0.39, 0.29) is 0 Å². The van der Waals surface area contributed by atoms with Gasteiger partial charge in [0.05, 0.1) is 6.54 Å². The topological polar surface area (TPSA) is 60.9 Å². The molecular weight excluding hydrogens is 314 g/mol. The van der Waals surface area contributed by atoms with Gasteiger partial charge in [-0.2, -0.15) is 0 Å². The molecule has 0 bridgehead atoms. The van der Waals surface area contributed by atoms with Gasteiger partial charge < -0.3 is 10.3 Å². The molecule has 18 heavy (non-hydrogen) atoms. The van der Waals surface area contributed by atoms with E-state index in [1.54, 1.807) is 0 Å². The molecule has 0 saturated carbocycles. The predicted molar refractivity (Wildman–Crippen MR) is 75.8 cm³/mol. The van der Waals surface area contributed by atoms with Gasteiger partial charge in [-0.1, -0.05) is 42.1 Å². The van der Waals surface area contributed by atoms with Crippen molar-refractivity contribution in [3.05, 3.63) is 46.2 Å². The van der Waals surface area contributed by atoms with E-state index in [2.05, 4.69) is 20.9 Å². The van der Waals surface area contributed by atoms with Crippen molar-refractivity contribution in [3.8, 4) is 0 Å². The van der Waals surface area contributed by atoms with Gasteiger partial charge >= 0.3 is 0 Å². The fourth-order valence-corrected chi connectivity index (χ4v) is 2.96. The van der Waals surface area contributed by atoms with Gasteiger partial charge in [-0.25, -0.2) is 4.98 Å². The smallest absolute Gasteiger partial charge is 0.268 e. The minimum absolute atomic E-state index is 0.406. The minimum atomic E-state index is -0.481. The normalized spacial score (nSPS) is 10.6. The molecule has 0 fully saturated rings. The summed E-state index contributed by atoms with van der Waals surface area (Å²) in [5, 5.41) is 0.763. The Hall–Kier alpha value is -1.27. The zero-order valence-electron chi connectivity index (χ0n) is 9.76. The fraction of sp³-hybridized carbons (Fsp3) is 0.167. The van der Waals surface area contributed by atoms with Crippen LogP contribution in [0, 0.1) is 0 Å². The van der Waals surface area contributed by atoms with Crippen LogP contribution in [0.4, 0.5) is 0 Å². The standard InChI is InChI=1S/C12H12BrN3OS/c1-18-12-15-10(13)9(11(14)17)16(12)7-8-5-3-2-4-6-8/h2-6H,7H2,1H3,(H2,14,17). The van der Waals surface area contributed by atoms with Crippen molar-refractivity contribution in [2.45, 2.75) is 11.7 Å². The molecule has 2 rings (SSSR count). The first kappa shape index (κ1) is 13.2. The Morgan fingerprint density at radius 3 is 2.67 bits per heavy atom. The lowest BCUT2D eigenvalue weighted by Gasteiger charge is -2.09. The average molecular weight is 326 g/mol. The number of imidazole rings is 1. The number of hydrogen-bond acceptors (Lipinski definition) is 3. The first-order valence-electron chi connectivity index (χ1n) is 5.27. The molecule has 1 heterocycles. The molecule has 0 aliphatic rings. The van der Waals surface area contributed by atoms with Crippen molar-refractivity contribution < 1.29 is 4.79 Å². The molecule has 0 aliphatic carbocycles. The first-order valence-corrected chi connectivity index (χ1v) is 7.29. The van der Waals surface area contributed by atoms with Gasteiger partial charge in [0.1, 0.15) is 10.3 Å². The second-order valence-electron chi connectivity index (χ2n) is 3.67. The molecule has 0 saturated heterocycles. The summed E-state index contributed by atoms with van der Waals surface area (Å²) in [6, 6.07) is 9.89. The maximum atomic E-state index is 11.5. The van der Waals surface area contributed by atoms with Crippen molar-refractivity contribution in [2.75, 3.05) is 6.26 Å². The van der Waals surface area contributed by atoms with Crippen molar-refractivity contribution in [2.24, 2.45) is 5.73 Å². The highest BCUT2D eigenvalue weighted by Gasteiger charge is 2.19. The number of nitrogens with two attached hydrogens (primary N) is 1. The largest absolute Gasteiger partial charge is 0.364 e. The third-order valence-electron chi connectivity index (χ3n) is 2.49. The van der Waals surface area contributed by atoms with Crippen molar-refractivity contribution in [1.29, 1.82) is 0 Å². The molecule has 94 valence electrons. The van der Waals surface area contributed by atoms with Crippen LogP contribution in [0.3, 0.4) is 0 Å². The Morgan fingerprint density at radius 2 is 2.11 bits per heavy atom. The van der Waals surface area contributed by atoms with Crippen LogP contribution in [-0.2, 0) is 6.54 Å². The molecular formula is C12H12BrN3OS. The van der Waals surface area contributed by atoms with Gasteiger partial charge in [-0.05, 0) is 27.7 Å². The highest BCUT2D eigenvalue weighted by atomic mass is 79.9. The van der Waals surface area contributed by atoms with Crippen LogP contribution in [0.15, 0.2) is 40.1 Å². The summed E-state index contributed by atoms with van der Waals surface area (Å²) in [4.78, 5) is 15.8. The van der Waals surface area contributed by atoms with Crippen LogP contribution in [0.5, 0.6) is 0 Å². The quantitative estimate of drug-likeness (QED) is 0.878. The highest BCUT2D eigenvalue weighted by molar-refractivity contribution is 9.10. The van der Waals surface area contributed by atoms with Gasteiger partial charge in [0, 0.05) is 0 Å². The summed E-state index contributed by atoms with van der Waals surface area (Å²) in [5.41, 5.74) is 6.90. The number of hydrogen-bond donors (Lipinski definition) is 1. The molecule has 2 aromatic rings. The molecule has 1 amide bonds. The number of carbonyl (C=O) groups is 1. The van der Waals surface area contributed by atoms with E-state index in [9.17, 15) is 4.79 Å². The van der Waals surface area contributed by atoms with Crippen molar-refractivity contribution in [3.63, 3.8) is 0 Å². The molecule has 0 unspecified atom stereocenters. The number of primary amides is 1. The predicted octanol–water partition coefficient (Wildman–Crippen LogP) is 2.51. The van der Waals surface area contributed by atoms with Gasteiger partial charge in [0.25, 0.3) is 5.91 Å². The van der Waals surface area contributed by atoms with E-state index in [4.69, 9.17) is 5.73 Å². The number of carbonyl (C=O) groups excluding carboxylic acids is 1. The maximum absolute atomic E-state index is 11.5. The number of halogens is 1. The van der Waals surface area contributed by atoms with Crippen LogP contribution in [0.25, 0.3) is 0 Å². The molecule has 4 nitrogen and oxygen atoms in total. The van der Waals surface area contributed by atoms with Crippen molar-refractivity contribution in [1.82, 2.24) is 9.55 Å². The summed E-state index contributed by atoms with van der Waals surface area (Å²) in [6.07, 6.45) is 1.92. The number of thioether (sulfide) groups is 1. The molecule has 1 aromatic carbocycles. The first-order chi connectivity index (χ1) is 8.63. The molecule has 0 radical (unpaired) electrons. The third kappa shape index (κ3) is 2.59. The Bertz CT molecular complexity index is 568. The lowest BCUT2D eigenvalue weighted by molar-refractivity contribution is 0.0990. The number of rotatable bonds is 4. The molecule has 0 spiro atoms. The Balaban J connectivity index is 2.45. The lowest BCUT2D eigenvalue weighted by atomic mass is 10.2. The number of aromatic nitrogens is 2. The molecule has 6 heteroatoms. The van der Waals surface area contributed by atoms with Crippen LogP contribution in [-0.4, -0.2) is 21.7 Å². The Morgan fingerprint density at radius 1 is 1.44 bits per heavy atom. The van der Waals surface area contributed by atoms with E-state index in [0.717, 1.165) is 10.7 Å². The van der Waals surface area contributed by atoms with Crippen LogP contribution >= 0.6 is 27.7 Å². The van der Waals surface area contributed by atoms with Gasteiger partial charge in [-0.3, -0.25) is 4.79 Å². The average Bonchev–Trinajstić information content (AvgIpc) is 2.67. The number of benzene rings is 1. The Labute approximate surface area is 118 Å². The monoisotopic (exact) mass is 325 g/mol. The summed E-state index contributed by atoms with van der Waals surface area (Å²) in [5.74, 6) is -0.481. The molecule has 0 aliphatic heterocycles. The number of amides is 1. The highest BCUT2D eigenvalue weighted by Crippen LogP contribution is 2.24. The summed E-state index contributed by atoms with van der Waals surface area (Å²) >= 11 is 4.76. The zero-order valence-corrected chi connectivity index (χ0v) is 12.2. The van der Waals surface area contributed by atoms with Crippen molar-refractivity contribution >= 4 is 33.6 Å². The van der Waals surface area contributed by atoms with Crippen LogP contribution < -0.4 is 5.73 Å². The number of nitrogens with zero attached hydrogens (tertiary/aromatic N) is 2. The van der Waals surface area contributed by atoms with E-state index in [1.165, 1.54) is 11.8 Å². The second kappa shape index (κ2) is 5.58. The van der Waals surface area contributed by atoms with E-state index >= 15 is 0 Å². The SMILES string of the molecule is CSc1nc(Br)c(C(N)=O)n1Cc1ccccc1. The van der Waals surface area contributed by atoms with E-state index in [0.29, 0.717) is 16.8 Å². The van der Waals surface area contributed by atoms with Crippen LogP contribution in [0.1, 0.15) is 16.1 Å². The van der Waals surface area contributed by atoms with Gasteiger partial charge in [0.15, 0.2) is 5.16 Å². The molecule has 0 atom stereocenters. The Kier molecular flexibility index (Phi) is 4.08. The van der Waals surface area contributed by atoms with Crippen LogP contribution in [0.2, 0.25) is 0 Å². The third-order valence-corrected chi connectivity index (χ3v) is 3.72. The summed E-state index contributed by atoms with van der Waals surface area (Å²) in [7, 11) is 0.